The lowest BCUT2D eigenvalue weighted by atomic mass is 10.1. The van der Waals surface area contributed by atoms with E-state index < -0.39 is 0 Å². The second-order valence-corrected chi connectivity index (χ2v) is 4.15. The number of benzene rings is 1. The van der Waals surface area contributed by atoms with Crippen LogP contribution in [0.5, 0.6) is 0 Å². The molecule has 1 aromatic carbocycles. The maximum Gasteiger partial charge on any atom is 0.175 e. The Labute approximate surface area is 101 Å². The number of halogens is 2. The summed E-state index contributed by atoms with van der Waals surface area (Å²) in [5, 5.41) is 0. The van der Waals surface area contributed by atoms with E-state index in [2.05, 4.69) is 25.9 Å². The molecule has 0 bridgehead atoms. The fourth-order valence-corrected chi connectivity index (χ4v) is 1.97. The zero-order valence-corrected chi connectivity index (χ0v) is 10.1. The number of H-pyrrole nitrogens is 1. The van der Waals surface area contributed by atoms with Crippen molar-refractivity contribution in [2.45, 2.75) is 6.42 Å². The Kier molecular flexibility index (Phi) is 3.36. The van der Waals surface area contributed by atoms with E-state index in [0.717, 1.165) is 17.0 Å². The largest absolute Gasteiger partial charge is 0.336 e. The van der Waals surface area contributed by atoms with Gasteiger partial charge in [0.05, 0.1) is 5.69 Å². The molecule has 1 heterocycles. The number of hydrogen-bond acceptors (Lipinski definition) is 2. The minimum Gasteiger partial charge on any atom is -0.336 e. The smallest absolute Gasteiger partial charge is 0.175 e. The lowest BCUT2D eigenvalue weighted by Crippen LogP contribution is -2.04. The van der Waals surface area contributed by atoms with E-state index in [1.807, 2.05) is 0 Å². The number of hydrogen-bond donors (Lipinski definition) is 2. The number of aromatic amines is 1. The average Bonchev–Trinajstić information content (AvgIpc) is 2.61. The second-order valence-electron chi connectivity index (χ2n) is 3.40. The van der Waals surface area contributed by atoms with E-state index in [1.54, 1.807) is 12.1 Å². The molecule has 0 aliphatic rings. The summed E-state index contributed by atoms with van der Waals surface area (Å²) < 4.78 is 13.5. The lowest BCUT2D eigenvalue weighted by Gasteiger charge is -2.00. The Morgan fingerprint density at radius 2 is 2.00 bits per heavy atom. The molecule has 0 fully saturated rings. The van der Waals surface area contributed by atoms with Gasteiger partial charge in [-0.2, -0.15) is 0 Å². The number of imidazole rings is 1. The highest BCUT2D eigenvalue weighted by Gasteiger charge is 2.10. The summed E-state index contributed by atoms with van der Waals surface area (Å²) in [7, 11) is 0. The van der Waals surface area contributed by atoms with Gasteiger partial charge < -0.3 is 10.7 Å². The molecular weight excluding hydrogens is 273 g/mol. The molecule has 3 N–H and O–H groups in total. The highest BCUT2D eigenvalue weighted by atomic mass is 79.9. The van der Waals surface area contributed by atoms with Gasteiger partial charge in [-0.05, 0) is 46.7 Å². The van der Waals surface area contributed by atoms with Crippen molar-refractivity contribution in [1.82, 2.24) is 9.97 Å². The first-order chi connectivity index (χ1) is 7.70. The Bertz CT molecular complexity index is 478. The van der Waals surface area contributed by atoms with Gasteiger partial charge in [-0.1, -0.05) is 0 Å². The normalized spacial score (nSPS) is 10.7. The molecule has 0 radical (unpaired) electrons. The van der Waals surface area contributed by atoms with Gasteiger partial charge in [-0.25, -0.2) is 9.37 Å². The molecule has 0 aliphatic carbocycles. The fraction of sp³-hybridized carbons (Fsp3) is 0.182. The molecule has 16 heavy (non-hydrogen) atoms. The standard InChI is InChI=1S/C11H11BrFN3/c12-11-15-9(5-6-14)10(16-11)7-1-3-8(13)4-2-7/h1-4H,5-6,14H2,(H,15,16). The van der Waals surface area contributed by atoms with Crippen LogP contribution in [0.4, 0.5) is 4.39 Å². The van der Waals surface area contributed by atoms with Gasteiger partial charge >= 0.3 is 0 Å². The number of aromatic nitrogens is 2. The molecule has 0 unspecified atom stereocenters. The Hall–Kier alpha value is -1.20. The maximum absolute atomic E-state index is 12.8. The molecule has 2 rings (SSSR count). The van der Waals surface area contributed by atoms with Crippen LogP contribution in [-0.4, -0.2) is 16.5 Å². The summed E-state index contributed by atoms with van der Waals surface area (Å²) in [6, 6.07) is 6.25. The first-order valence-electron chi connectivity index (χ1n) is 4.91. The van der Waals surface area contributed by atoms with Crippen molar-refractivity contribution in [3.63, 3.8) is 0 Å². The Morgan fingerprint density at radius 3 is 2.62 bits per heavy atom. The second kappa shape index (κ2) is 4.76. The highest BCUT2D eigenvalue weighted by Crippen LogP contribution is 2.23. The van der Waals surface area contributed by atoms with Crippen LogP contribution in [0.2, 0.25) is 0 Å². The van der Waals surface area contributed by atoms with Crippen molar-refractivity contribution in [3.8, 4) is 11.3 Å². The monoisotopic (exact) mass is 283 g/mol. The average molecular weight is 284 g/mol. The van der Waals surface area contributed by atoms with Gasteiger partial charge in [0.25, 0.3) is 0 Å². The van der Waals surface area contributed by atoms with E-state index >= 15 is 0 Å². The summed E-state index contributed by atoms with van der Waals surface area (Å²) in [4.78, 5) is 7.40. The van der Waals surface area contributed by atoms with Crippen LogP contribution >= 0.6 is 15.9 Å². The molecule has 3 nitrogen and oxygen atoms in total. The molecule has 0 amide bonds. The van der Waals surface area contributed by atoms with Crippen LogP contribution in [-0.2, 0) is 6.42 Å². The molecule has 0 spiro atoms. The van der Waals surface area contributed by atoms with Crippen LogP contribution in [0.1, 0.15) is 5.69 Å². The number of rotatable bonds is 3. The topological polar surface area (TPSA) is 54.7 Å². The zero-order chi connectivity index (χ0) is 11.5. The Morgan fingerprint density at radius 1 is 1.31 bits per heavy atom. The van der Waals surface area contributed by atoms with Gasteiger partial charge in [0, 0.05) is 17.7 Å². The predicted molar refractivity (Wildman–Crippen MR) is 64.4 cm³/mol. The third-order valence-electron chi connectivity index (χ3n) is 2.26. The summed E-state index contributed by atoms with van der Waals surface area (Å²) >= 11 is 3.28. The molecular formula is C11H11BrFN3. The van der Waals surface area contributed by atoms with Crippen molar-refractivity contribution in [2.75, 3.05) is 6.54 Å². The van der Waals surface area contributed by atoms with Gasteiger partial charge in [0.15, 0.2) is 4.73 Å². The summed E-state index contributed by atoms with van der Waals surface area (Å²) in [6.45, 7) is 0.544. The van der Waals surface area contributed by atoms with Crippen molar-refractivity contribution < 1.29 is 4.39 Å². The van der Waals surface area contributed by atoms with Crippen LogP contribution in [0, 0.1) is 5.82 Å². The van der Waals surface area contributed by atoms with E-state index in [0.29, 0.717) is 17.7 Å². The van der Waals surface area contributed by atoms with Gasteiger partial charge in [-0.3, -0.25) is 0 Å². The SMILES string of the molecule is NCCc1[nH]c(Br)nc1-c1ccc(F)cc1. The van der Waals surface area contributed by atoms with Crippen molar-refractivity contribution in [2.24, 2.45) is 5.73 Å². The summed E-state index contributed by atoms with van der Waals surface area (Å²) in [5.41, 5.74) is 8.18. The molecule has 0 saturated heterocycles. The first-order valence-corrected chi connectivity index (χ1v) is 5.70. The predicted octanol–water partition coefficient (Wildman–Crippen LogP) is 2.48. The quantitative estimate of drug-likeness (QED) is 0.909. The minimum absolute atomic E-state index is 0.251. The van der Waals surface area contributed by atoms with Crippen molar-refractivity contribution >= 4 is 15.9 Å². The van der Waals surface area contributed by atoms with E-state index in [9.17, 15) is 4.39 Å². The van der Waals surface area contributed by atoms with Crippen LogP contribution < -0.4 is 5.73 Å². The first kappa shape index (κ1) is 11.3. The molecule has 0 aliphatic heterocycles. The molecule has 0 saturated carbocycles. The third-order valence-corrected chi connectivity index (χ3v) is 2.64. The van der Waals surface area contributed by atoms with E-state index in [1.165, 1.54) is 12.1 Å². The van der Waals surface area contributed by atoms with E-state index in [-0.39, 0.29) is 5.82 Å². The highest BCUT2D eigenvalue weighted by molar-refractivity contribution is 9.10. The molecule has 0 atom stereocenters. The minimum atomic E-state index is -0.251. The van der Waals surface area contributed by atoms with Crippen LogP contribution in [0.15, 0.2) is 29.0 Å². The third kappa shape index (κ3) is 2.31. The number of nitrogens with two attached hydrogens (primary N) is 1. The number of nitrogens with one attached hydrogen (secondary N) is 1. The van der Waals surface area contributed by atoms with Crippen LogP contribution in [0.3, 0.4) is 0 Å². The van der Waals surface area contributed by atoms with Gasteiger partial charge in [0.2, 0.25) is 0 Å². The summed E-state index contributed by atoms with van der Waals surface area (Å²) in [5.74, 6) is -0.251. The van der Waals surface area contributed by atoms with Crippen molar-refractivity contribution in [1.29, 1.82) is 0 Å². The van der Waals surface area contributed by atoms with E-state index in [4.69, 9.17) is 5.73 Å². The van der Waals surface area contributed by atoms with Gasteiger partial charge in [0.1, 0.15) is 5.82 Å². The molecule has 84 valence electrons. The maximum atomic E-state index is 12.8. The molecule has 5 heteroatoms. The Balaban J connectivity index is 2.42. The van der Waals surface area contributed by atoms with Crippen molar-refractivity contribution in [3.05, 3.63) is 40.5 Å². The fourth-order valence-electron chi connectivity index (χ4n) is 1.55. The summed E-state index contributed by atoms with van der Waals surface area (Å²) in [6.07, 6.45) is 0.714. The number of nitrogens with zero attached hydrogens (tertiary/aromatic N) is 1. The zero-order valence-electron chi connectivity index (χ0n) is 8.50. The van der Waals surface area contributed by atoms with Gasteiger partial charge in [-0.15, -0.1) is 0 Å². The van der Waals surface area contributed by atoms with Crippen LogP contribution in [0.25, 0.3) is 11.3 Å². The molecule has 1 aromatic heterocycles. The molecule has 2 aromatic rings. The lowest BCUT2D eigenvalue weighted by molar-refractivity contribution is 0.628.